The lowest BCUT2D eigenvalue weighted by Crippen LogP contribution is -2.02. The van der Waals surface area contributed by atoms with Crippen LogP contribution >= 0.6 is 0 Å². The molecule has 0 aromatic carbocycles. The molecule has 0 bridgehead atoms. The van der Waals surface area contributed by atoms with Crippen LogP contribution in [0.4, 0.5) is 0 Å². The molecule has 0 unspecified atom stereocenters. The Morgan fingerprint density at radius 3 is 0.818 bits per heavy atom. The minimum Gasteiger partial charge on any atom is -0.412 e. The monoisotopic (exact) mass is 198 g/mol. The molecule has 0 aliphatic rings. The van der Waals surface area contributed by atoms with Gasteiger partial charge in [-0.3, -0.25) is 32.5 Å². The maximum absolute atomic E-state index is 8.74. The summed E-state index contributed by atoms with van der Waals surface area (Å²) in [5, 5.41) is 0. The average molecular weight is 198 g/mol. The van der Waals surface area contributed by atoms with Crippen LogP contribution in [0.15, 0.2) is 0 Å². The molecule has 0 amide bonds. The van der Waals surface area contributed by atoms with E-state index in [4.69, 9.17) is 17.5 Å². The van der Waals surface area contributed by atoms with Crippen molar-refractivity contribution in [3.63, 3.8) is 0 Å². The first-order valence-electron chi connectivity index (χ1n) is 1.37. The number of rotatable bonds is 0. The predicted molar refractivity (Wildman–Crippen MR) is 38.2 cm³/mol. The predicted octanol–water partition coefficient (Wildman–Crippen LogP) is -4.66. The fraction of sp³-hybridized carbons (Fsp3) is 0. The van der Waals surface area contributed by atoms with Crippen LogP contribution in [0.2, 0.25) is 0 Å². The molecule has 0 aliphatic carbocycles. The van der Waals surface area contributed by atoms with Gasteiger partial charge in [0.2, 0.25) is 0 Å². The van der Waals surface area contributed by atoms with E-state index in [0.717, 1.165) is 0 Å². The first-order valence-corrected chi connectivity index (χ1v) is 2.76. The van der Waals surface area contributed by atoms with Gasteiger partial charge in [-0.25, -0.2) is 0 Å². The van der Waals surface area contributed by atoms with E-state index in [9.17, 15) is 0 Å². The van der Waals surface area contributed by atoms with Gasteiger partial charge < -0.3 is 11.0 Å². The summed E-state index contributed by atoms with van der Waals surface area (Å²) in [7, 11) is -4.67. The molecule has 0 aromatic heterocycles. The smallest absolute Gasteiger partial charge is 0.394 e. The van der Waals surface area contributed by atoms with Gasteiger partial charge >= 0.3 is 10.4 Å². The molecular formula is H14N4O6S. The second-order valence-corrected chi connectivity index (χ2v) is 1.34. The molecule has 0 spiro atoms. The van der Waals surface area contributed by atoms with Gasteiger partial charge in [0.05, 0.1) is 0 Å². The molecule has 11 heavy (non-hydrogen) atoms. The summed E-state index contributed by atoms with van der Waals surface area (Å²) < 4.78 is 31.6. The Morgan fingerprint density at radius 1 is 0.818 bits per heavy atom. The summed E-state index contributed by atoms with van der Waals surface area (Å²) >= 11 is 0. The van der Waals surface area contributed by atoms with Crippen molar-refractivity contribution in [1.82, 2.24) is 0 Å². The quantitative estimate of drug-likeness (QED) is 0.125. The van der Waals surface area contributed by atoms with Gasteiger partial charge in [0.15, 0.2) is 0 Å². The van der Waals surface area contributed by atoms with E-state index in [2.05, 4.69) is 23.4 Å². The van der Waals surface area contributed by atoms with Gasteiger partial charge in [-0.15, -0.1) is 0 Å². The minimum absolute atomic E-state index is 0. The number of hydrogen-bond donors (Lipinski definition) is 6. The van der Waals surface area contributed by atoms with E-state index in [-0.39, 0.29) is 11.0 Å². The van der Waals surface area contributed by atoms with Crippen LogP contribution in [-0.4, -0.2) is 28.5 Å². The molecule has 0 aliphatic heterocycles. The topological polar surface area (TPSA) is 242 Å². The second kappa shape index (κ2) is 22.6. The average Bonchev–Trinajstić information content (AvgIpc) is 1.72. The first-order chi connectivity index (χ1) is 4.00. The standard InChI is InChI=1S/2H4N2.H2O4S.2H2O/c2*1-2;1-5(2,3)4;;/h2*1-2H2;(H2,1,2,3,4);2*1H2. The third kappa shape index (κ3) is 4100. The van der Waals surface area contributed by atoms with Gasteiger partial charge in [0, 0.05) is 0 Å². The Morgan fingerprint density at radius 2 is 0.818 bits per heavy atom. The third-order valence-electron chi connectivity index (χ3n) is 0. The highest BCUT2D eigenvalue weighted by atomic mass is 32.3. The van der Waals surface area contributed by atoms with Gasteiger partial charge in [0.25, 0.3) is 0 Å². The van der Waals surface area contributed by atoms with Gasteiger partial charge in [-0.1, -0.05) is 0 Å². The lowest BCUT2D eigenvalue weighted by molar-refractivity contribution is 0.381. The molecule has 0 fully saturated rings. The van der Waals surface area contributed by atoms with Crippen molar-refractivity contribution in [2.45, 2.75) is 0 Å². The van der Waals surface area contributed by atoms with E-state index in [1.165, 1.54) is 0 Å². The molecule has 10 nitrogen and oxygen atoms in total. The summed E-state index contributed by atoms with van der Waals surface area (Å²) in [6, 6.07) is 0. The molecule has 14 N–H and O–H groups in total. The van der Waals surface area contributed by atoms with E-state index < -0.39 is 10.4 Å². The van der Waals surface area contributed by atoms with Crippen molar-refractivity contribution in [3.05, 3.63) is 0 Å². The van der Waals surface area contributed by atoms with Crippen LogP contribution in [0.1, 0.15) is 0 Å². The molecule has 0 atom stereocenters. The molecule has 0 saturated heterocycles. The zero-order valence-corrected chi connectivity index (χ0v) is 6.25. The van der Waals surface area contributed by atoms with Gasteiger partial charge in [-0.05, 0) is 0 Å². The highest BCUT2D eigenvalue weighted by Gasteiger charge is 1.84. The zero-order chi connectivity index (χ0) is 8.50. The summed E-state index contributed by atoms with van der Waals surface area (Å²) in [5.74, 6) is 16.0. The summed E-state index contributed by atoms with van der Waals surface area (Å²) in [6.45, 7) is 0. The maximum Gasteiger partial charge on any atom is 0.394 e. The minimum atomic E-state index is -4.67. The fourth-order valence-electron chi connectivity index (χ4n) is 0. The van der Waals surface area contributed by atoms with Crippen LogP contribution in [-0.2, 0) is 10.4 Å². The lowest BCUT2D eigenvalue weighted by atomic mass is 13.0. The third-order valence-corrected chi connectivity index (χ3v) is 0. The Hall–Kier alpha value is -0.370. The van der Waals surface area contributed by atoms with E-state index in [1.54, 1.807) is 0 Å². The van der Waals surface area contributed by atoms with Crippen LogP contribution in [0.25, 0.3) is 0 Å². The molecule has 0 radical (unpaired) electrons. The van der Waals surface area contributed by atoms with Crippen molar-refractivity contribution in [2.24, 2.45) is 23.4 Å². The molecule has 0 heterocycles. The molecule has 0 saturated carbocycles. The van der Waals surface area contributed by atoms with Crippen molar-refractivity contribution in [3.8, 4) is 0 Å². The Bertz CT molecular complexity index is 97.8. The van der Waals surface area contributed by atoms with E-state index in [0.29, 0.717) is 0 Å². The Balaban J connectivity index is -0.0000000178. The number of hydrogen-bond acceptors (Lipinski definition) is 6. The van der Waals surface area contributed by atoms with Gasteiger partial charge in [0.1, 0.15) is 0 Å². The highest BCUT2D eigenvalue weighted by molar-refractivity contribution is 7.79. The largest absolute Gasteiger partial charge is 0.412 e. The molecule has 76 valence electrons. The lowest BCUT2D eigenvalue weighted by Gasteiger charge is -1.68. The van der Waals surface area contributed by atoms with Gasteiger partial charge in [-0.2, -0.15) is 8.42 Å². The fourth-order valence-corrected chi connectivity index (χ4v) is 0. The SMILES string of the molecule is NN.NN.O.O.O=S(=O)(O)O. The van der Waals surface area contributed by atoms with Crippen molar-refractivity contribution in [2.75, 3.05) is 0 Å². The Kier molecular flexibility index (Phi) is 64.0. The van der Waals surface area contributed by atoms with Crippen molar-refractivity contribution in [1.29, 1.82) is 0 Å². The molecular weight excluding hydrogens is 184 g/mol. The highest BCUT2D eigenvalue weighted by Crippen LogP contribution is 1.59. The normalized spacial score (nSPS) is 6.36. The number of hydrazine groups is 2. The molecule has 0 rings (SSSR count). The van der Waals surface area contributed by atoms with E-state index >= 15 is 0 Å². The van der Waals surface area contributed by atoms with Crippen LogP contribution in [0.5, 0.6) is 0 Å². The summed E-state index contributed by atoms with van der Waals surface area (Å²) in [4.78, 5) is 0. The summed E-state index contributed by atoms with van der Waals surface area (Å²) in [6.07, 6.45) is 0. The second-order valence-electron chi connectivity index (χ2n) is 0.448. The first kappa shape index (κ1) is 31.1. The maximum atomic E-state index is 8.74. The van der Waals surface area contributed by atoms with Crippen LogP contribution in [0.3, 0.4) is 0 Å². The van der Waals surface area contributed by atoms with Crippen LogP contribution in [0, 0.1) is 0 Å². The van der Waals surface area contributed by atoms with Crippen LogP contribution < -0.4 is 23.4 Å². The van der Waals surface area contributed by atoms with E-state index in [1.807, 2.05) is 0 Å². The molecule has 11 heteroatoms. The summed E-state index contributed by atoms with van der Waals surface area (Å²) in [5.41, 5.74) is 0. The Labute approximate surface area is 63.3 Å². The van der Waals surface area contributed by atoms with Crippen molar-refractivity contribution >= 4 is 10.4 Å². The zero-order valence-electron chi connectivity index (χ0n) is 5.43. The molecule has 0 aromatic rings. The van der Waals surface area contributed by atoms with Crippen molar-refractivity contribution < 1.29 is 28.5 Å². The number of nitrogens with two attached hydrogens (primary N) is 4.